The fourth-order valence-electron chi connectivity index (χ4n) is 17.8. The molecule has 19 aromatic carbocycles. The third-order valence-corrected chi connectivity index (χ3v) is 22.6. The van der Waals surface area contributed by atoms with Gasteiger partial charge in [0, 0.05) is 0 Å². The second kappa shape index (κ2) is 26.9. The van der Waals surface area contributed by atoms with Gasteiger partial charge in [0.2, 0.25) is 0 Å². The van der Waals surface area contributed by atoms with Crippen LogP contribution in [0.15, 0.2) is 382 Å². The lowest BCUT2D eigenvalue weighted by atomic mass is 9.84. The average molecular weight is 1360 g/mol. The molecule has 0 bridgehead atoms. The van der Waals surface area contributed by atoms with Crippen molar-refractivity contribution in [3.63, 3.8) is 0 Å². The first-order valence-electron chi connectivity index (χ1n) is 37.5. The topological polar surface area (TPSA) is 0 Å². The van der Waals surface area contributed by atoms with Gasteiger partial charge in [0.05, 0.1) is 0 Å². The van der Waals surface area contributed by atoms with Crippen molar-refractivity contribution in [1.82, 2.24) is 0 Å². The number of allylic oxidation sites excluding steroid dienone is 3. The number of fused-ring (bicyclic) bond motifs is 11. The highest BCUT2D eigenvalue weighted by atomic mass is 14.3. The molecule has 0 radical (unpaired) electrons. The third kappa shape index (κ3) is 11.3. The van der Waals surface area contributed by atoms with E-state index in [0.717, 1.165) is 19.3 Å². The van der Waals surface area contributed by atoms with Gasteiger partial charge in [-0.15, -0.1) is 0 Å². The van der Waals surface area contributed by atoms with E-state index in [4.69, 9.17) is 0 Å². The number of hydrogen-bond donors (Lipinski definition) is 0. The summed E-state index contributed by atoms with van der Waals surface area (Å²) < 4.78 is 0. The Bertz CT molecular complexity index is 6640. The molecule has 0 nitrogen and oxygen atoms in total. The van der Waals surface area contributed by atoms with Crippen LogP contribution in [0.2, 0.25) is 0 Å². The maximum Gasteiger partial charge on any atom is -0.00132 e. The zero-order valence-electron chi connectivity index (χ0n) is 59.2. The number of rotatable bonds is 8. The first-order chi connectivity index (χ1) is 53.1. The summed E-state index contributed by atoms with van der Waals surface area (Å²) in [5.74, 6) is 0. The zero-order chi connectivity index (χ0) is 70.7. The standard InChI is InChI=1S/C41H28.2C33H22/c1-3-13-28(14-4-1)32-25-33(29-15-5-2-6-16-29)27-35(26-32)41-38-21-11-9-19-36(38)40(37-20-10-12-22-39(37)41)34-23-30-17-7-8-18-31(30)24-34;1-2-12-24-21-25(20-23(24)11-1)32-28-15-5-7-17-30(28)33(31-18-8-6-16-29(31)32)27-19-9-13-22-10-3-4-14-26(22)27;1-2-10-23-19-26(18-17-22(23)9-1)32-28-13-5-7-15-30(28)33(31-16-8-6-14-29(31)32)27-20-24-11-3-4-12-25(24)21-27/h1-23,25-27H,24H2;2*1-20H,21H2. The molecule has 22 rings (SSSR count). The van der Waals surface area contributed by atoms with Gasteiger partial charge in [0.25, 0.3) is 0 Å². The van der Waals surface area contributed by atoms with Crippen LogP contribution in [-0.4, -0.2) is 0 Å². The summed E-state index contributed by atoms with van der Waals surface area (Å²) in [6, 6.07) is 139. The number of benzene rings is 19. The van der Waals surface area contributed by atoms with Gasteiger partial charge >= 0.3 is 0 Å². The van der Waals surface area contributed by atoms with Gasteiger partial charge in [-0.1, -0.05) is 376 Å². The van der Waals surface area contributed by atoms with Gasteiger partial charge < -0.3 is 0 Å². The van der Waals surface area contributed by atoms with Crippen molar-refractivity contribution < 1.29 is 0 Å². The maximum absolute atomic E-state index is 2.40. The summed E-state index contributed by atoms with van der Waals surface area (Å²) in [7, 11) is 0. The minimum atomic E-state index is 0.963. The van der Waals surface area contributed by atoms with Crippen molar-refractivity contribution in [2.45, 2.75) is 19.3 Å². The second-order valence-corrected chi connectivity index (χ2v) is 28.8. The molecule has 0 saturated heterocycles. The Labute approximate surface area is 624 Å². The zero-order valence-corrected chi connectivity index (χ0v) is 59.2. The molecule has 3 aliphatic carbocycles. The van der Waals surface area contributed by atoms with Crippen LogP contribution in [0, 0.1) is 0 Å². The van der Waals surface area contributed by atoms with E-state index in [9.17, 15) is 0 Å². The summed E-state index contributed by atoms with van der Waals surface area (Å²) in [5, 5.41) is 20.9. The first kappa shape index (κ1) is 63.2. The summed E-state index contributed by atoms with van der Waals surface area (Å²) in [6.45, 7) is 0. The predicted molar refractivity (Wildman–Crippen MR) is 461 cm³/mol. The van der Waals surface area contributed by atoms with Crippen molar-refractivity contribution >= 4 is 121 Å². The van der Waals surface area contributed by atoms with Crippen molar-refractivity contribution in [3.05, 3.63) is 432 Å². The molecule has 0 spiro atoms. The molecule has 0 amide bonds. The van der Waals surface area contributed by atoms with Crippen LogP contribution in [0.3, 0.4) is 0 Å². The molecule has 0 heteroatoms. The van der Waals surface area contributed by atoms with E-state index in [2.05, 4.69) is 400 Å². The molecular weight excluding hydrogens is 1290 g/mol. The van der Waals surface area contributed by atoms with Gasteiger partial charge in [0.15, 0.2) is 0 Å². The average Bonchev–Trinajstić information content (AvgIpc) is 1.73. The van der Waals surface area contributed by atoms with Crippen LogP contribution in [0.25, 0.3) is 177 Å². The molecule has 19 aromatic rings. The SMILES string of the molecule is C1=C(c2c3ccccc3c(-c3cc(-c4ccccc4)cc(-c4ccccc4)c3)c3ccccc23)Cc2ccccc21.C1=C(c2c3ccccc3c(-c3ccc4ccccc4c3)c3ccccc23)Cc2ccccc21.C1=C(c2c3ccccc3c(-c3cccc4ccccc34)c3ccccc23)Cc2ccccc21. The Morgan fingerprint density at radius 1 is 0.150 bits per heavy atom. The molecule has 0 aromatic heterocycles. The molecule has 0 unspecified atom stereocenters. The van der Waals surface area contributed by atoms with Crippen LogP contribution in [0.5, 0.6) is 0 Å². The van der Waals surface area contributed by atoms with Crippen molar-refractivity contribution in [2.75, 3.05) is 0 Å². The Hall–Kier alpha value is -13.5. The molecule has 0 atom stereocenters. The van der Waals surface area contributed by atoms with Gasteiger partial charge in [-0.2, -0.15) is 0 Å². The van der Waals surface area contributed by atoms with E-state index in [1.165, 1.54) is 209 Å². The fraction of sp³-hybridized carbons (Fsp3) is 0.0280. The molecule has 0 saturated carbocycles. The van der Waals surface area contributed by atoms with Crippen LogP contribution in [-0.2, 0) is 19.3 Å². The highest BCUT2D eigenvalue weighted by Crippen LogP contribution is 2.50. The summed E-state index contributed by atoms with van der Waals surface area (Å²) in [5.41, 5.74) is 29.3. The van der Waals surface area contributed by atoms with E-state index >= 15 is 0 Å². The fourth-order valence-corrected chi connectivity index (χ4v) is 17.8. The van der Waals surface area contributed by atoms with Gasteiger partial charge in [-0.25, -0.2) is 0 Å². The highest BCUT2D eigenvalue weighted by Gasteiger charge is 2.26. The van der Waals surface area contributed by atoms with Gasteiger partial charge in [-0.05, 0) is 252 Å². The third-order valence-electron chi connectivity index (χ3n) is 22.6. The minimum absolute atomic E-state index is 0.963. The van der Waals surface area contributed by atoms with Crippen molar-refractivity contribution in [3.8, 4) is 55.6 Å². The lowest BCUT2D eigenvalue weighted by Gasteiger charge is -2.19. The van der Waals surface area contributed by atoms with Gasteiger partial charge in [0.1, 0.15) is 0 Å². The molecule has 0 aliphatic heterocycles. The van der Waals surface area contributed by atoms with Crippen LogP contribution in [0.4, 0.5) is 0 Å². The Balaban J connectivity index is 0.000000107. The monoisotopic (exact) mass is 1360 g/mol. The Kier molecular flexibility index (Phi) is 15.9. The van der Waals surface area contributed by atoms with Crippen LogP contribution >= 0.6 is 0 Å². The molecular formula is C107H72. The van der Waals surface area contributed by atoms with Crippen LogP contribution in [0.1, 0.15) is 50.1 Å². The number of hydrogen-bond acceptors (Lipinski definition) is 0. The molecule has 107 heavy (non-hydrogen) atoms. The molecule has 500 valence electrons. The predicted octanol–water partition coefficient (Wildman–Crippen LogP) is 28.9. The van der Waals surface area contributed by atoms with Crippen molar-refractivity contribution in [2.24, 2.45) is 0 Å². The molecule has 0 heterocycles. The summed E-state index contributed by atoms with van der Waals surface area (Å²) >= 11 is 0. The second-order valence-electron chi connectivity index (χ2n) is 28.8. The Morgan fingerprint density at radius 2 is 0.439 bits per heavy atom. The van der Waals surface area contributed by atoms with E-state index in [1.807, 2.05) is 0 Å². The minimum Gasteiger partial charge on any atom is -0.0622 e. The molecule has 0 fully saturated rings. The highest BCUT2D eigenvalue weighted by molar-refractivity contribution is 6.25. The van der Waals surface area contributed by atoms with E-state index in [1.54, 1.807) is 0 Å². The summed E-state index contributed by atoms with van der Waals surface area (Å²) in [6.07, 6.45) is 10.1. The smallest absolute Gasteiger partial charge is 0.00132 e. The molecule has 3 aliphatic rings. The molecule has 0 N–H and O–H groups in total. The van der Waals surface area contributed by atoms with E-state index < -0.39 is 0 Å². The first-order valence-corrected chi connectivity index (χ1v) is 37.5. The van der Waals surface area contributed by atoms with Crippen LogP contribution < -0.4 is 0 Å². The van der Waals surface area contributed by atoms with E-state index in [0.29, 0.717) is 0 Å². The lowest BCUT2D eigenvalue weighted by Crippen LogP contribution is -1.95. The largest absolute Gasteiger partial charge is 0.0622 e. The van der Waals surface area contributed by atoms with Crippen molar-refractivity contribution in [1.29, 1.82) is 0 Å². The Morgan fingerprint density at radius 3 is 0.832 bits per heavy atom. The van der Waals surface area contributed by atoms with Gasteiger partial charge in [-0.3, -0.25) is 0 Å². The lowest BCUT2D eigenvalue weighted by molar-refractivity contribution is 1.33. The summed E-state index contributed by atoms with van der Waals surface area (Å²) in [4.78, 5) is 0. The maximum atomic E-state index is 2.40. The quantitative estimate of drug-likeness (QED) is 0.133. The van der Waals surface area contributed by atoms with E-state index in [-0.39, 0.29) is 0 Å². The normalized spacial score (nSPS) is 12.7.